The lowest BCUT2D eigenvalue weighted by Gasteiger charge is -2.11. The Balaban J connectivity index is 1.10. The summed E-state index contributed by atoms with van der Waals surface area (Å²) in [4.78, 5) is 15.0. The van der Waals surface area contributed by atoms with Gasteiger partial charge in [0.2, 0.25) is 0 Å². The summed E-state index contributed by atoms with van der Waals surface area (Å²) in [7, 11) is 0. The minimum atomic E-state index is 0.645. The van der Waals surface area contributed by atoms with Gasteiger partial charge in [0.25, 0.3) is 0 Å². The average Bonchev–Trinajstić information content (AvgIpc) is 3.58. The summed E-state index contributed by atoms with van der Waals surface area (Å²) in [5.41, 5.74) is 9.92. The fourth-order valence-electron chi connectivity index (χ4n) is 6.45. The molecule has 0 aliphatic rings. The lowest BCUT2D eigenvalue weighted by atomic mass is 9.99. The molecule has 230 valence electrons. The first-order valence-corrected chi connectivity index (χ1v) is 17.2. The summed E-state index contributed by atoms with van der Waals surface area (Å²) < 4.78 is 2.59. The number of fused-ring (bicyclic) bond motifs is 3. The fraction of sp³-hybridized carbons (Fsp3) is 0. The third-order valence-electron chi connectivity index (χ3n) is 8.97. The summed E-state index contributed by atoms with van der Waals surface area (Å²) in [5.74, 6) is 1.94. The molecule has 0 radical (unpaired) electrons. The van der Waals surface area contributed by atoms with E-state index in [9.17, 15) is 0 Å². The second kappa shape index (κ2) is 12.4. The zero-order valence-corrected chi connectivity index (χ0v) is 27.3. The van der Waals surface area contributed by atoms with E-state index in [2.05, 4.69) is 140 Å². The number of nitrogens with zero attached hydrogens (tertiary/aromatic N) is 3. The topological polar surface area (TPSA) is 38.7 Å². The molecule has 0 atom stereocenters. The van der Waals surface area contributed by atoms with Crippen molar-refractivity contribution in [1.82, 2.24) is 15.0 Å². The maximum Gasteiger partial charge on any atom is 0.164 e. The Kier molecular flexibility index (Phi) is 7.34. The molecule has 9 rings (SSSR count). The molecule has 0 aliphatic heterocycles. The molecule has 3 nitrogen and oxygen atoms in total. The molecule has 0 bridgehead atoms. The number of benzene rings is 7. The highest BCUT2D eigenvalue weighted by molar-refractivity contribution is 7.26. The van der Waals surface area contributed by atoms with Crippen LogP contribution in [-0.4, -0.2) is 15.0 Å². The molecule has 0 N–H and O–H groups in total. The smallest absolute Gasteiger partial charge is 0.164 e. The van der Waals surface area contributed by atoms with Crippen LogP contribution >= 0.6 is 11.3 Å². The van der Waals surface area contributed by atoms with E-state index in [1.54, 1.807) is 0 Å². The Bertz CT molecular complexity index is 2570. The van der Waals surface area contributed by atoms with E-state index in [4.69, 9.17) is 15.0 Å². The van der Waals surface area contributed by atoms with Gasteiger partial charge in [-0.25, -0.2) is 15.0 Å². The molecular formula is C45H29N3S. The molecule has 2 aromatic heterocycles. The van der Waals surface area contributed by atoms with Gasteiger partial charge in [-0.2, -0.15) is 0 Å². The first kappa shape index (κ1) is 29.0. The van der Waals surface area contributed by atoms with Gasteiger partial charge in [-0.15, -0.1) is 11.3 Å². The lowest BCUT2D eigenvalue weighted by Crippen LogP contribution is -2.00. The zero-order valence-electron chi connectivity index (χ0n) is 26.5. The first-order chi connectivity index (χ1) is 24.3. The fourth-order valence-corrected chi connectivity index (χ4v) is 7.69. The summed E-state index contributed by atoms with van der Waals surface area (Å²) in [5, 5.41) is 2.58. The molecule has 0 unspecified atom stereocenters. The minimum Gasteiger partial charge on any atom is -0.208 e. The quantitative estimate of drug-likeness (QED) is 0.181. The predicted octanol–water partition coefficient (Wildman–Crippen LogP) is 12.2. The van der Waals surface area contributed by atoms with Gasteiger partial charge in [-0.05, 0) is 45.5 Å². The highest BCUT2D eigenvalue weighted by Crippen LogP contribution is 2.40. The van der Waals surface area contributed by atoms with Crippen molar-refractivity contribution in [1.29, 1.82) is 0 Å². The van der Waals surface area contributed by atoms with E-state index >= 15 is 0 Å². The molecule has 0 saturated heterocycles. The second-order valence-corrected chi connectivity index (χ2v) is 13.1. The largest absolute Gasteiger partial charge is 0.208 e. The van der Waals surface area contributed by atoms with Gasteiger partial charge in [-0.3, -0.25) is 0 Å². The molecule has 9 aromatic rings. The minimum absolute atomic E-state index is 0.645. The normalized spacial score (nSPS) is 11.3. The molecule has 4 heteroatoms. The van der Waals surface area contributed by atoms with Crippen LogP contribution in [0.15, 0.2) is 176 Å². The Labute approximate surface area is 288 Å². The third kappa shape index (κ3) is 5.58. The average molecular weight is 644 g/mol. The zero-order chi connectivity index (χ0) is 32.6. The summed E-state index contributed by atoms with van der Waals surface area (Å²) in [6.45, 7) is 0. The molecule has 0 fully saturated rings. The van der Waals surface area contributed by atoms with E-state index in [1.807, 2.05) is 47.7 Å². The van der Waals surface area contributed by atoms with Gasteiger partial charge in [-0.1, -0.05) is 164 Å². The molecular weight excluding hydrogens is 615 g/mol. The third-order valence-corrected chi connectivity index (χ3v) is 10.2. The maximum absolute atomic E-state index is 5.06. The van der Waals surface area contributed by atoms with Gasteiger partial charge in [0.15, 0.2) is 17.5 Å². The van der Waals surface area contributed by atoms with Crippen LogP contribution in [0.4, 0.5) is 0 Å². The Hall–Kier alpha value is -6.23. The van der Waals surface area contributed by atoms with Crippen LogP contribution in [0.2, 0.25) is 0 Å². The van der Waals surface area contributed by atoms with Gasteiger partial charge in [0.05, 0.1) is 0 Å². The number of hydrogen-bond donors (Lipinski definition) is 0. The molecule has 2 heterocycles. The van der Waals surface area contributed by atoms with E-state index in [1.165, 1.54) is 36.9 Å². The van der Waals surface area contributed by atoms with Gasteiger partial charge < -0.3 is 0 Å². The van der Waals surface area contributed by atoms with Crippen LogP contribution in [0.1, 0.15) is 0 Å². The molecule has 0 saturated carbocycles. The van der Waals surface area contributed by atoms with Crippen molar-refractivity contribution in [2.45, 2.75) is 0 Å². The summed E-state index contributed by atoms with van der Waals surface area (Å²) in [6.07, 6.45) is 0. The Morgan fingerprint density at radius 1 is 0.306 bits per heavy atom. The molecule has 49 heavy (non-hydrogen) atoms. The van der Waals surface area contributed by atoms with Crippen LogP contribution in [0.5, 0.6) is 0 Å². The summed E-state index contributed by atoms with van der Waals surface area (Å²) in [6, 6.07) is 61.6. The van der Waals surface area contributed by atoms with Crippen molar-refractivity contribution in [3.05, 3.63) is 176 Å². The molecule has 0 amide bonds. The van der Waals surface area contributed by atoms with E-state index < -0.39 is 0 Å². The standard InChI is InChI=1S/C45H29N3S/c1-3-11-30(12-4-1)31-21-23-32(24-22-31)33-25-27-35(28-26-33)44-46-43(34-13-5-2-6-14-34)47-45(48-44)37-16-9-15-36(29-37)38-18-10-19-40-39-17-7-8-20-41(39)49-42(38)40/h1-29H. The number of thiophene rings is 1. The molecule has 0 spiro atoms. The van der Waals surface area contributed by atoms with E-state index in [-0.39, 0.29) is 0 Å². The summed E-state index contributed by atoms with van der Waals surface area (Å²) >= 11 is 1.84. The van der Waals surface area contributed by atoms with Crippen molar-refractivity contribution < 1.29 is 0 Å². The van der Waals surface area contributed by atoms with Crippen molar-refractivity contribution in [2.75, 3.05) is 0 Å². The van der Waals surface area contributed by atoms with Crippen LogP contribution in [0.3, 0.4) is 0 Å². The van der Waals surface area contributed by atoms with Gasteiger partial charge in [0, 0.05) is 36.9 Å². The monoisotopic (exact) mass is 643 g/mol. The van der Waals surface area contributed by atoms with Gasteiger partial charge in [0.1, 0.15) is 0 Å². The number of aromatic nitrogens is 3. The van der Waals surface area contributed by atoms with Crippen molar-refractivity contribution in [3.8, 4) is 67.5 Å². The number of hydrogen-bond acceptors (Lipinski definition) is 4. The second-order valence-electron chi connectivity index (χ2n) is 12.1. The van der Waals surface area contributed by atoms with E-state index in [0.717, 1.165) is 33.4 Å². The van der Waals surface area contributed by atoms with Crippen molar-refractivity contribution in [3.63, 3.8) is 0 Å². The molecule has 7 aromatic carbocycles. The lowest BCUT2D eigenvalue weighted by molar-refractivity contribution is 1.07. The van der Waals surface area contributed by atoms with Crippen molar-refractivity contribution >= 4 is 31.5 Å². The van der Waals surface area contributed by atoms with Crippen LogP contribution in [0.25, 0.3) is 87.7 Å². The van der Waals surface area contributed by atoms with Crippen molar-refractivity contribution in [2.24, 2.45) is 0 Å². The van der Waals surface area contributed by atoms with Crippen LogP contribution in [-0.2, 0) is 0 Å². The maximum atomic E-state index is 5.06. The van der Waals surface area contributed by atoms with Crippen LogP contribution in [0, 0.1) is 0 Å². The van der Waals surface area contributed by atoms with Crippen LogP contribution < -0.4 is 0 Å². The highest BCUT2D eigenvalue weighted by Gasteiger charge is 2.15. The van der Waals surface area contributed by atoms with E-state index in [0.29, 0.717) is 17.5 Å². The predicted molar refractivity (Wildman–Crippen MR) is 205 cm³/mol. The Morgan fingerprint density at radius 2 is 0.735 bits per heavy atom. The Morgan fingerprint density at radius 3 is 1.39 bits per heavy atom. The highest BCUT2D eigenvalue weighted by atomic mass is 32.1. The van der Waals surface area contributed by atoms with Gasteiger partial charge >= 0.3 is 0 Å². The SMILES string of the molecule is c1ccc(-c2ccc(-c3ccc(-c4nc(-c5ccccc5)nc(-c5cccc(-c6cccc7c6sc6ccccc67)c5)n4)cc3)cc2)cc1. The number of rotatable bonds is 6. The molecule has 0 aliphatic carbocycles. The first-order valence-electron chi connectivity index (χ1n) is 16.4.